The topological polar surface area (TPSA) is 114 Å². The van der Waals surface area contributed by atoms with Crippen molar-refractivity contribution >= 4 is 20.2 Å². The van der Waals surface area contributed by atoms with Gasteiger partial charge >= 0.3 is 103 Å². The standard InChI is InChI=1S/CH4O6S2.2K/c2-8(3,4)1-9(5,6)7;;/h1H2,(H,2,3,4)(H,5,6,7);;/q;2*+1/p-2. The fraction of sp³-hybridized carbons (Fsp3) is 1.00. The average molecular weight is 252 g/mol. The maximum Gasteiger partial charge on any atom is 1.00 e. The Morgan fingerprint density at radius 3 is 1.00 bits per heavy atom. The minimum atomic E-state index is -4.93. The zero-order valence-electron chi connectivity index (χ0n) is 5.97. The van der Waals surface area contributed by atoms with Gasteiger partial charge in [-0.2, -0.15) is 0 Å². The van der Waals surface area contributed by atoms with Crippen molar-refractivity contribution in [3.63, 3.8) is 0 Å². The van der Waals surface area contributed by atoms with Crippen molar-refractivity contribution in [3.8, 4) is 0 Å². The molecular formula is CH2K2O6S2. The van der Waals surface area contributed by atoms with Crippen LogP contribution < -0.4 is 103 Å². The second kappa shape index (κ2) is 7.39. The third-order valence-electron chi connectivity index (χ3n) is 0.289. The van der Waals surface area contributed by atoms with Crippen LogP contribution in [0.3, 0.4) is 0 Å². The summed E-state index contributed by atoms with van der Waals surface area (Å²) in [6.45, 7) is 0. The maximum absolute atomic E-state index is 9.51. The number of hydrogen-bond acceptors (Lipinski definition) is 6. The molecule has 6 nitrogen and oxygen atoms in total. The van der Waals surface area contributed by atoms with Crippen molar-refractivity contribution in [2.24, 2.45) is 0 Å². The molecule has 0 amide bonds. The van der Waals surface area contributed by atoms with E-state index >= 15 is 0 Å². The molecule has 0 atom stereocenters. The van der Waals surface area contributed by atoms with Gasteiger partial charge < -0.3 is 9.11 Å². The molecule has 0 aliphatic rings. The predicted molar refractivity (Wildman–Crippen MR) is 24.3 cm³/mol. The van der Waals surface area contributed by atoms with E-state index in [2.05, 4.69) is 0 Å². The zero-order valence-corrected chi connectivity index (χ0v) is 13.9. The fourth-order valence-electron chi connectivity index (χ4n) is 0.177. The molecule has 11 heavy (non-hydrogen) atoms. The van der Waals surface area contributed by atoms with Crippen LogP contribution in [0.25, 0.3) is 0 Å². The SMILES string of the molecule is O=S(=O)([O-])CS(=O)(=O)[O-].[K+].[K+]. The smallest absolute Gasteiger partial charge is 0.747 e. The quantitative estimate of drug-likeness (QED) is 0.356. The van der Waals surface area contributed by atoms with E-state index in [4.69, 9.17) is 0 Å². The first-order chi connectivity index (χ1) is 3.71. The minimum absolute atomic E-state index is 0. The Labute approximate surface area is 150 Å². The Morgan fingerprint density at radius 1 is 0.818 bits per heavy atom. The molecule has 0 fully saturated rings. The van der Waals surface area contributed by atoms with E-state index in [-0.39, 0.29) is 103 Å². The maximum atomic E-state index is 9.51. The van der Waals surface area contributed by atoms with Gasteiger partial charge in [-0.3, -0.25) is 0 Å². The molecule has 0 aromatic rings. The molecule has 0 saturated heterocycles. The summed E-state index contributed by atoms with van der Waals surface area (Å²) in [4.78, 5) is 0. The predicted octanol–water partition coefficient (Wildman–Crippen LogP) is -7.96. The third-order valence-corrected chi connectivity index (χ3v) is 2.60. The third kappa shape index (κ3) is 19.5. The van der Waals surface area contributed by atoms with Crippen LogP contribution in [0.1, 0.15) is 0 Å². The number of rotatable bonds is 2. The molecule has 0 spiro atoms. The van der Waals surface area contributed by atoms with Crippen LogP contribution in [0.4, 0.5) is 0 Å². The van der Waals surface area contributed by atoms with E-state index in [0.717, 1.165) is 0 Å². The van der Waals surface area contributed by atoms with Gasteiger partial charge in [-0.15, -0.1) is 0 Å². The van der Waals surface area contributed by atoms with Gasteiger partial charge in [0.05, 0.1) is 0 Å². The van der Waals surface area contributed by atoms with Gasteiger partial charge in [0.15, 0.2) is 0 Å². The molecule has 0 N–H and O–H groups in total. The van der Waals surface area contributed by atoms with Crippen LogP contribution in [-0.2, 0) is 20.2 Å². The second-order valence-corrected chi connectivity index (χ2v) is 4.41. The van der Waals surface area contributed by atoms with Crippen LogP contribution >= 0.6 is 0 Å². The minimum Gasteiger partial charge on any atom is -0.747 e. The zero-order chi connectivity index (χ0) is 7.71. The van der Waals surface area contributed by atoms with Gasteiger partial charge in [-0.25, -0.2) is 16.8 Å². The van der Waals surface area contributed by atoms with Gasteiger partial charge in [0.25, 0.3) is 0 Å². The summed E-state index contributed by atoms with van der Waals surface area (Å²) in [7, 11) is -9.86. The van der Waals surface area contributed by atoms with Crippen molar-refractivity contribution < 1.29 is 129 Å². The van der Waals surface area contributed by atoms with Crippen molar-refractivity contribution in [3.05, 3.63) is 0 Å². The van der Waals surface area contributed by atoms with E-state index in [9.17, 15) is 25.9 Å². The average Bonchev–Trinajstić information content (AvgIpc) is 1.14. The van der Waals surface area contributed by atoms with Crippen LogP contribution in [0.15, 0.2) is 0 Å². The molecule has 56 valence electrons. The number of hydrogen-bond donors (Lipinski definition) is 0. The molecular weight excluding hydrogens is 250 g/mol. The summed E-state index contributed by atoms with van der Waals surface area (Å²) in [5, 5.41) is -1.88. The van der Waals surface area contributed by atoms with E-state index in [1.165, 1.54) is 0 Å². The van der Waals surface area contributed by atoms with Crippen LogP contribution in [0.2, 0.25) is 0 Å². The second-order valence-electron chi connectivity index (χ2n) is 1.23. The van der Waals surface area contributed by atoms with Gasteiger partial charge in [-0.1, -0.05) is 0 Å². The summed E-state index contributed by atoms with van der Waals surface area (Å²) in [5.41, 5.74) is 0. The summed E-state index contributed by atoms with van der Waals surface area (Å²) in [6, 6.07) is 0. The van der Waals surface area contributed by atoms with Crippen molar-refractivity contribution in [1.29, 1.82) is 0 Å². The summed E-state index contributed by atoms with van der Waals surface area (Å²) < 4.78 is 57.1. The van der Waals surface area contributed by atoms with Crippen LogP contribution in [0, 0.1) is 0 Å². The summed E-state index contributed by atoms with van der Waals surface area (Å²) in [5.74, 6) is 0. The van der Waals surface area contributed by atoms with Gasteiger partial charge in [-0.05, 0) is 0 Å². The Balaban J connectivity index is -0.000000320. The molecule has 0 saturated carbocycles. The summed E-state index contributed by atoms with van der Waals surface area (Å²) >= 11 is 0. The van der Waals surface area contributed by atoms with E-state index in [1.807, 2.05) is 0 Å². The molecule has 0 aromatic heterocycles. The molecule has 0 aliphatic heterocycles. The van der Waals surface area contributed by atoms with E-state index in [0.29, 0.717) is 0 Å². The molecule has 0 aromatic carbocycles. The first-order valence-electron chi connectivity index (χ1n) is 1.58. The molecule has 0 rings (SSSR count). The Hall–Kier alpha value is 3.09. The van der Waals surface area contributed by atoms with E-state index in [1.54, 1.807) is 0 Å². The first kappa shape index (κ1) is 19.6. The van der Waals surface area contributed by atoms with Gasteiger partial charge in [0, 0.05) is 0 Å². The largest absolute Gasteiger partial charge is 1.00 e. The van der Waals surface area contributed by atoms with Gasteiger partial charge in [0.1, 0.15) is 25.3 Å². The molecule has 0 unspecified atom stereocenters. The normalized spacial score (nSPS) is 11.1. The Bertz CT molecular complexity index is 244. The molecule has 0 radical (unpaired) electrons. The van der Waals surface area contributed by atoms with Crippen LogP contribution in [-0.4, -0.2) is 31.0 Å². The Kier molecular flexibility index (Phi) is 13.2. The molecule has 10 heteroatoms. The van der Waals surface area contributed by atoms with Crippen LogP contribution in [0.5, 0.6) is 0 Å². The Morgan fingerprint density at radius 2 is 1.00 bits per heavy atom. The van der Waals surface area contributed by atoms with Crippen molar-refractivity contribution in [1.82, 2.24) is 0 Å². The molecule has 0 aliphatic carbocycles. The fourth-order valence-corrected chi connectivity index (χ4v) is 1.59. The molecule has 0 heterocycles. The monoisotopic (exact) mass is 252 g/mol. The van der Waals surface area contributed by atoms with Crippen molar-refractivity contribution in [2.45, 2.75) is 0 Å². The summed E-state index contributed by atoms with van der Waals surface area (Å²) in [6.07, 6.45) is 0. The molecule has 0 bridgehead atoms. The first-order valence-corrected chi connectivity index (χ1v) is 4.73. The van der Waals surface area contributed by atoms with Crippen molar-refractivity contribution in [2.75, 3.05) is 5.08 Å². The van der Waals surface area contributed by atoms with Gasteiger partial charge in [0.2, 0.25) is 0 Å². The van der Waals surface area contributed by atoms with E-state index < -0.39 is 25.3 Å².